The first-order valence-electron chi connectivity index (χ1n) is 7.03. The van der Waals surface area contributed by atoms with Gasteiger partial charge in [0.1, 0.15) is 0 Å². The molecule has 0 saturated carbocycles. The van der Waals surface area contributed by atoms with E-state index >= 15 is 0 Å². The summed E-state index contributed by atoms with van der Waals surface area (Å²) in [5.74, 6) is 0. The zero-order valence-electron chi connectivity index (χ0n) is 12.1. The van der Waals surface area contributed by atoms with Gasteiger partial charge in [-0.3, -0.25) is 4.90 Å². The smallest absolute Gasteiger partial charge is 0.0474 e. The lowest BCUT2D eigenvalue weighted by Crippen LogP contribution is -2.47. The number of rotatable bonds is 5. The lowest BCUT2D eigenvalue weighted by atomic mass is 10.1. The maximum atomic E-state index is 5.89. The first-order chi connectivity index (χ1) is 9.20. The molecule has 0 unspecified atom stereocenters. The van der Waals surface area contributed by atoms with E-state index in [1.807, 2.05) is 6.07 Å². The monoisotopic (exact) mass is 263 g/mol. The number of benzene rings is 1. The Morgan fingerprint density at radius 3 is 2.63 bits per heavy atom. The molecule has 1 aromatic carbocycles. The molecule has 2 rings (SSSR count). The van der Waals surface area contributed by atoms with Crippen LogP contribution in [0, 0.1) is 6.92 Å². The highest BCUT2D eigenvalue weighted by molar-refractivity contribution is 5.61. The lowest BCUT2D eigenvalue weighted by Gasteiger charge is -2.36. The van der Waals surface area contributed by atoms with E-state index in [4.69, 9.17) is 10.5 Å². The number of nitrogen functional groups attached to an aromatic ring is 1. The fraction of sp³-hybridized carbons (Fsp3) is 0.600. The van der Waals surface area contributed by atoms with Gasteiger partial charge in [-0.25, -0.2) is 0 Å². The van der Waals surface area contributed by atoms with Gasteiger partial charge in [0, 0.05) is 57.8 Å². The summed E-state index contributed by atoms with van der Waals surface area (Å²) in [6.07, 6.45) is 1.12. The number of aryl methyl sites for hydroxylation is 1. The molecular weight excluding hydrogens is 238 g/mol. The fourth-order valence-corrected chi connectivity index (χ4v) is 2.61. The Morgan fingerprint density at radius 1 is 1.21 bits per heavy atom. The first kappa shape index (κ1) is 14.2. The molecule has 0 radical (unpaired) electrons. The minimum absolute atomic E-state index is 0.850. The van der Waals surface area contributed by atoms with Crippen LogP contribution in [0.5, 0.6) is 0 Å². The molecule has 0 amide bonds. The average Bonchev–Trinajstić information content (AvgIpc) is 2.43. The second kappa shape index (κ2) is 6.78. The molecule has 0 aromatic heterocycles. The summed E-state index contributed by atoms with van der Waals surface area (Å²) in [5.41, 5.74) is 9.34. The number of piperazine rings is 1. The quantitative estimate of drug-likeness (QED) is 0.649. The molecule has 0 bridgehead atoms. The molecule has 2 N–H and O–H groups in total. The third-order valence-electron chi connectivity index (χ3n) is 3.77. The van der Waals surface area contributed by atoms with Crippen molar-refractivity contribution in [3.8, 4) is 0 Å². The summed E-state index contributed by atoms with van der Waals surface area (Å²) in [5, 5.41) is 0. The third-order valence-corrected chi connectivity index (χ3v) is 3.77. The molecule has 0 spiro atoms. The van der Waals surface area contributed by atoms with Crippen LogP contribution in [0.1, 0.15) is 12.0 Å². The predicted molar refractivity (Wildman–Crippen MR) is 80.7 cm³/mol. The standard InChI is InChI=1S/C15H25N3O/c1-13-4-5-14(16)12-15(13)18-9-7-17(8-10-18)6-3-11-19-2/h4-5,12H,3,6-11,16H2,1-2H3. The van der Waals surface area contributed by atoms with Crippen LogP contribution >= 0.6 is 0 Å². The van der Waals surface area contributed by atoms with Crippen molar-refractivity contribution in [2.45, 2.75) is 13.3 Å². The van der Waals surface area contributed by atoms with Gasteiger partial charge >= 0.3 is 0 Å². The summed E-state index contributed by atoms with van der Waals surface area (Å²) >= 11 is 0. The van der Waals surface area contributed by atoms with Gasteiger partial charge in [0.2, 0.25) is 0 Å². The van der Waals surface area contributed by atoms with Crippen LogP contribution in [0.4, 0.5) is 11.4 Å². The van der Waals surface area contributed by atoms with E-state index in [2.05, 4.69) is 28.9 Å². The maximum Gasteiger partial charge on any atom is 0.0474 e. The van der Waals surface area contributed by atoms with E-state index in [-0.39, 0.29) is 0 Å². The van der Waals surface area contributed by atoms with E-state index in [9.17, 15) is 0 Å². The summed E-state index contributed by atoms with van der Waals surface area (Å²) < 4.78 is 5.10. The number of nitrogens with zero attached hydrogens (tertiary/aromatic N) is 2. The molecule has 1 aliphatic heterocycles. The highest BCUT2D eigenvalue weighted by Gasteiger charge is 2.18. The van der Waals surface area contributed by atoms with E-state index in [0.717, 1.165) is 51.4 Å². The van der Waals surface area contributed by atoms with Crippen molar-refractivity contribution in [3.63, 3.8) is 0 Å². The fourth-order valence-electron chi connectivity index (χ4n) is 2.61. The van der Waals surface area contributed by atoms with Crippen molar-refractivity contribution in [1.29, 1.82) is 0 Å². The molecule has 1 fully saturated rings. The zero-order chi connectivity index (χ0) is 13.7. The molecule has 1 saturated heterocycles. The van der Waals surface area contributed by atoms with Crippen molar-refractivity contribution in [2.75, 3.05) is 57.1 Å². The Balaban J connectivity index is 1.87. The van der Waals surface area contributed by atoms with Gasteiger partial charge in [-0.2, -0.15) is 0 Å². The number of methoxy groups -OCH3 is 1. The Kier molecular flexibility index (Phi) is 5.05. The normalized spacial score (nSPS) is 16.8. The number of hydrogen-bond donors (Lipinski definition) is 1. The summed E-state index contributed by atoms with van der Waals surface area (Å²) in [7, 11) is 1.76. The first-order valence-corrected chi connectivity index (χ1v) is 7.03. The van der Waals surface area contributed by atoms with Gasteiger partial charge in [-0.15, -0.1) is 0 Å². The van der Waals surface area contributed by atoms with Crippen molar-refractivity contribution in [3.05, 3.63) is 23.8 Å². The topological polar surface area (TPSA) is 41.7 Å². The van der Waals surface area contributed by atoms with Crippen molar-refractivity contribution in [1.82, 2.24) is 4.90 Å². The van der Waals surface area contributed by atoms with Crippen LogP contribution < -0.4 is 10.6 Å². The largest absolute Gasteiger partial charge is 0.399 e. The Hall–Kier alpha value is -1.26. The average molecular weight is 263 g/mol. The van der Waals surface area contributed by atoms with Crippen molar-refractivity contribution in [2.24, 2.45) is 0 Å². The maximum absolute atomic E-state index is 5.89. The van der Waals surface area contributed by atoms with Crippen LogP contribution in [-0.4, -0.2) is 51.3 Å². The van der Waals surface area contributed by atoms with Crippen LogP contribution in [-0.2, 0) is 4.74 Å². The minimum atomic E-state index is 0.850. The molecule has 4 nitrogen and oxygen atoms in total. The predicted octanol–water partition coefficient (Wildman–Crippen LogP) is 1.74. The Labute approximate surface area is 116 Å². The van der Waals surface area contributed by atoms with Gasteiger partial charge in [0.05, 0.1) is 0 Å². The number of anilines is 2. The van der Waals surface area contributed by atoms with E-state index in [1.54, 1.807) is 7.11 Å². The van der Waals surface area contributed by atoms with Gasteiger partial charge in [0.15, 0.2) is 0 Å². The molecule has 1 aromatic rings. The SMILES string of the molecule is COCCCN1CCN(c2cc(N)ccc2C)CC1. The summed E-state index contributed by atoms with van der Waals surface area (Å²) in [6.45, 7) is 8.55. The van der Waals surface area contributed by atoms with Crippen LogP contribution in [0.25, 0.3) is 0 Å². The molecule has 1 heterocycles. The Bertz CT molecular complexity index is 400. The molecule has 0 aliphatic carbocycles. The van der Waals surface area contributed by atoms with Crippen LogP contribution in [0.3, 0.4) is 0 Å². The van der Waals surface area contributed by atoms with Gasteiger partial charge in [-0.1, -0.05) is 6.07 Å². The molecular formula is C15H25N3O. The van der Waals surface area contributed by atoms with Crippen LogP contribution in [0.15, 0.2) is 18.2 Å². The van der Waals surface area contributed by atoms with E-state index < -0.39 is 0 Å². The Morgan fingerprint density at radius 2 is 1.95 bits per heavy atom. The zero-order valence-corrected chi connectivity index (χ0v) is 12.1. The number of hydrogen-bond acceptors (Lipinski definition) is 4. The summed E-state index contributed by atoms with van der Waals surface area (Å²) in [4.78, 5) is 4.95. The second-order valence-electron chi connectivity index (χ2n) is 5.22. The lowest BCUT2D eigenvalue weighted by molar-refractivity contribution is 0.169. The van der Waals surface area contributed by atoms with Crippen LogP contribution in [0.2, 0.25) is 0 Å². The van der Waals surface area contributed by atoms with E-state index in [1.165, 1.54) is 11.3 Å². The number of nitrogens with two attached hydrogens (primary N) is 1. The molecule has 106 valence electrons. The molecule has 4 heteroatoms. The summed E-state index contributed by atoms with van der Waals surface area (Å²) in [6, 6.07) is 6.17. The molecule has 19 heavy (non-hydrogen) atoms. The number of ether oxygens (including phenoxy) is 1. The molecule has 1 aliphatic rings. The molecule has 0 atom stereocenters. The highest BCUT2D eigenvalue weighted by Crippen LogP contribution is 2.24. The van der Waals surface area contributed by atoms with E-state index in [0.29, 0.717) is 0 Å². The van der Waals surface area contributed by atoms with Gasteiger partial charge in [-0.05, 0) is 31.0 Å². The van der Waals surface area contributed by atoms with Gasteiger partial charge < -0.3 is 15.4 Å². The van der Waals surface area contributed by atoms with Crippen molar-refractivity contribution < 1.29 is 4.74 Å². The second-order valence-corrected chi connectivity index (χ2v) is 5.22. The third kappa shape index (κ3) is 3.85. The minimum Gasteiger partial charge on any atom is -0.399 e. The van der Waals surface area contributed by atoms with Gasteiger partial charge in [0.25, 0.3) is 0 Å². The highest BCUT2D eigenvalue weighted by atomic mass is 16.5. The van der Waals surface area contributed by atoms with Crippen molar-refractivity contribution >= 4 is 11.4 Å².